The van der Waals surface area contributed by atoms with Gasteiger partial charge >= 0.3 is 0 Å². The van der Waals surface area contributed by atoms with Crippen LogP contribution in [0.4, 0.5) is 0 Å². The van der Waals surface area contributed by atoms with Crippen LogP contribution in [0, 0.1) is 20.8 Å². The van der Waals surface area contributed by atoms with Gasteiger partial charge in [0.1, 0.15) is 28.9 Å². The molecular weight excluding hydrogens is 522 g/mol. The molecule has 0 aliphatic rings. The number of hydrogen-bond acceptors (Lipinski definition) is 1. The topological polar surface area (TPSA) is 9.23 Å². The molecule has 0 unspecified atom stereocenters. The van der Waals surface area contributed by atoms with Crippen LogP contribution >= 0.6 is 7.26 Å². The molecule has 0 fully saturated rings. The maximum atomic E-state index is 5.55. The Bertz CT molecular complexity index is 1040. The molecule has 1 nitrogen and oxygen atoms in total. The number of rotatable bonds is 6. The van der Waals surface area contributed by atoms with Crippen LogP contribution in [-0.2, 0) is 6.16 Å². The summed E-state index contributed by atoms with van der Waals surface area (Å²) >= 11 is 0. The second-order valence-corrected chi connectivity index (χ2v) is 11.8. The Morgan fingerprint density at radius 3 is 1.38 bits per heavy atom. The highest BCUT2D eigenvalue weighted by Crippen LogP contribution is 2.58. The molecule has 4 aromatic carbocycles. The molecule has 0 atom stereocenters. The molecule has 0 radical (unpaired) electrons. The van der Waals surface area contributed by atoms with E-state index in [4.69, 9.17) is 4.74 Å². The molecule has 164 valence electrons. The van der Waals surface area contributed by atoms with E-state index in [0.29, 0.717) is 0 Å². The number of halogens is 1. The molecule has 4 aromatic rings. The van der Waals surface area contributed by atoms with Crippen molar-refractivity contribution in [2.45, 2.75) is 26.9 Å². The first-order valence-corrected chi connectivity index (χ1v) is 12.7. The molecular formula is C29H30IOP. The zero-order valence-electron chi connectivity index (χ0n) is 19.2. The summed E-state index contributed by atoms with van der Waals surface area (Å²) < 4.78 is 5.55. The summed E-state index contributed by atoms with van der Waals surface area (Å²) in [5, 5.41) is 4.23. The van der Waals surface area contributed by atoms with Crippen LogP contribution in [0.15, 0.2) is 97.1 Å². The summed E-state index contributed by atoms with van der Waals surface area (Å²) in [6.45, 7) is 6.47. The molecule has 3 heteroatoms. The van der Waals surface area contributed by atoms with E-state index < -0.39 is 7.26 Å². The van der Waals surface area contributed by atoms with E-state index in [1.807, 2.05) is 6.07 Å². The van der Waals surface area contributed by atoms with Crippen molar-refractivity contribution in [3.05, 3.63) is 119 Å². The predicted molar refractivity (Wildman–Crippen MR) is 136 cm³/mol. The zero-order chi connectivity index (χ0) is 21.8. The molecule has 0 saturated carbocycles. The van der Waals surface area contributed by atoms with E-state index in [-0.39, 0.29) is 24.0 Å². The molecule has 0 aromatic heterocycles. The Morgan fingerprint density at radius 2 is 1.00 bits per heavy atom. The highest BCUT2D eigenvalue weighted by molar-refractivity contribution is 7.95. The Kier molecular flexibility index (Phi) is 8.14. The fourth-order valence-corrected chi connectivity index (χ4v) is 8.32. The van der Waals surface area contributed by atoms with Gasteiger partial charge in [0.25, 0.3) is 0 Å². The van der Waals surface area contributed by atoms with Crippen molar-refractivity contribution in [1.29, 1.82) is 0 Å². The van der Waals surface area contributed by atoms with E-state index in [1.54, 1.807) is 7.11 Å². The fourth-order valence-electron chi connectivity index (χ4n) is 4.16. The van der Waals surface area contributed by atoms with Crippen molar-refractivity contribution >= 4 is 23.2 Å². The van der Waals surface area contributed by atoms with Gasteiger partial charge in [0, 0.05) is 0 Å². The molecule has 0 N–H and O–H groups in total. The number of aryl methyl sites for hydroxylation is 3. The predicted octanol–water partition coefficient (Wildman–Crippen LogP) is 3.12. The molecule has 0 saturated heterocycles. The molecule has 0 heterocycles. The summed E-state index contributed by atoms with van der Waals surface area (Å²) in [6.07, 6.45) is 0.958. The summed E-state index contributed by atoms with van der Waals surface area (Å²) in [5.41, 5.74) is 5.16. The Hall–Kier alpha value is -2.16. The first kappa shape index (κ1) is 24.5. The summed E-state index contributed by atoms with van der Waals surface area (Å²) in [4.78, 5) is 0. The van der Waals surface area contributed by atoms with Gasteiger partial charge in [0.15, 0.2) is 0 Å². The Labute approximate surface area is 210 Å². The minimum Gasteiger partial charge on any atom is -1.00 e. The normalized spacial score (nSPS) is 11.0. The van der Waals surface area contributed by atoms with E-state index >= 15 is 0 Å². The third-order valence-electron chi connectivity index (χ3n) is 5.98. The molecule has 0 amide bonds. The average molecular weight is 552 g/mol. The fraction of sp³-hybridized carbons (Fsp3) is 0.172. The average Bonchev–Trinajstić information content (AvgIpc) is 2.79. The third-order valence-corrected chi connectivity index (χ3v) is 10.4. The van der Waals surface area contributed by atoms with Crippen LogP contribution in [0.2, 0.25) is 0 Å². The number of methoxy groups -OCH3 is 1. The maximum absolute atomic E-state index is 5.55. The first-order valence-electron chi connectivity index (χ1n) is 10.7. The Balaban J connectivity index is 0.00000289. The van der Waals surface area contributed by atoms with E-state index in [2.05, 4.69) is 112 Å². The maximum Gasteiger partial charge on any atom is 0.119 e. The Morgan fingerprint density at radius 1 is 0.594 bits per heavy atom. The van der Waals surface area contributed by atoms with Crippen LogP contribution < -0.4 is 44.6 Å². The zero-order valence-corrected chi connectivity index (χ0v) is 22.2. The van der Waals surface area contributed by atoms with Gasteiger partial charge in [-0.2, -0.15) is 0 Å². The van der Waals surface area contributed by atoms with E-state index in [1.165, 1.54) is 38.2 Å². The first-order chi connectivity index (χ1) is 15.0. The minimum absolute atomic E-state index is 0. The summed E-state index contributed by atoms with van der Waals surface area (Å²) in [5.74, 6) is 0.910. The second-order valence-electron chi connectivity index (χ2n) is 8.33. The monoisotopic (exact) mass is 552 g/mol. The lowest BCUT2D eigenvalue weighted by Gasteiger charge is -2.28. The quantitative estimate of drug-likeness (QED) is 0.264. The van der Waals surface area contributed by atoms with Crippen molar-refractivity contribution in [2.24, 2.45) is 0 Å². The minimum atomic E-state index is -1.92. The number of hydrogen-bond donors (Lipinski definition) is 0. The molecule has 32 heavy (non-hydrogen) atoms. The highest BCUT2D eigenvalue weighted by Gasteiger charge is 2.45. The van der Waals surface area contributed by atoms with Crippen LogP contribution in [0.3, 0.4) is 0 Å². The highest BCUT2D eigenvalue weighted by atomic mass is 127. The molecule has 0 aliphatic heterocycles. The van der Waals surface area contributed by atoms with Gasteiger partial charge in [-0.15, -0.1) is 0 Å². The van der Waals surface area contributed by atoms with Crippen molar-refractivity contribution in [2.75, 3.05) is 7.11 Å². The van der Waals surface area contributed by atoms with Crippen LogP contribution in [0.25, 0.3) is 0 Å². The number of benzene rings is 4. The molecule has 0 bridgehead atoms. The largest absolute Gasteiger partial charge is 1.00 e. The smallest absolute Gasteiger partial charge is 0.119 e. The van der Waals surface area contributed by atoms with Crippen molar-refractivity contribution in [3.63, 3.8) is 0 Å². The second kappa shape index (κ2) is 10.6. The van der Waals surface area contributed by atoms with Gasteiger partial charge in [0.2, 0.25) is 0 Å². The van der Waals surface area contributed by atoms with Crippen LogP contribution in [-0.4, -0.2) is 7.11 Å². The van der Waals surface area contributed by atoms with E-state index in [0.717, 1.165) is 11.9 Å². The van der Waals surface area contributed by atoms with Crippen molar-refractivity contribution in [3.8, 4) is 5.75 Å². The molecule has 4 rings (SSSR count). The van der Waals surface area contributed by atoms with Crippen LogP contribution in [0.5, 0.6) is 5.75 Å². The van der Waals surface area contributed by atoms with Gasteiger partial charge in [-0.25, -0.2) is 0 Å². The van der Waals surface area contributed by atoms with Crippen LogP contribution in [0.1, 0.15) is 22.3 Å². The van der Waals surface area contributed by atoms with Gasteiger partial charge < -0.3 is 28.7 Å². The SMILES string of the molecule is COc1cccc(C[P+](c2ccc(C)cc2)(c2ccc(C)cc2)c2ccc(C)cc2)c1.[I-]. The lowest BCUT2D eigenvalue weighted by atomic mass is 10.2. The molecule has 0 spiro atoms. The van der Waals surface area contributed by atoms with E-state index in [9.17, 15) is 0 Å². The summed E-state index contributed by atoms with van der Waals surface area (Å²) in [7, 11) is -0.183. The van der Waals surface area contributed by atoms with Gasteiger partial charge in [-0.3, -0.25) is 0 Å². The standard InChI is InChI=1S/C29H30OP.HI/c1-22-8-14-27(15-9-22)31(28-16-10-23(2)11-17-28,29-18-12-24(3)13-19-29)21-25-6-5-7-26(20-25)30-4;/h5-20H,21H2,1-4H3;1H/q+1;/p-1. The van der Waals surface area contributed by atoms with Gasteiger partial charge in [-0.1, -0.05) is 65.2 Å². The third kappa shape index (κ3) is 5.08. The van der Waals surface area contributed by atoms with Crippen molar-refractivity contribution < 1.29 is 28.7 Å². The molecule has 0 aliphatic carbocycles. The van der Waals surface area contributed by atoms with Crippen molar-refractivity contribution in [1.82, 2.24) is 0 Å². The lowest BCUT2D eigenvalue weighted by Crippen LogP contribution is -3.00. The van der Waals surface area contributed by atoms with Gasteiger partial charge in [0.05, 0.1) is 13.3 Å². The lowest BCUT2D eigenvalue weighted by molar-refractivity contribution is -0.00000668. The van der Waals surface area contributed by atoms with Gasteiger partial charge in [-0.05, 0) is 74.9 Å². The number of ether oxygens (including phenoxy) is 1. The summed E-state index contributed by atoms with van der Waals surface area (Å²) in [6, 6.07) is 36.0.